The average Bonchev–Trinajstić information content (AvgIpc) is 2.77. The van der Waals surface area contributed by atoms with Crippen molar-refractivity contribution in [3.05, 3.63) is 41.8 Å². The van der Waals surface area contributed by atoms with Gasteiger partial charge in [-0.05, 0) is 37.6 Å². The summed E-state index contributed by atoms with van der Waals surface area (Å²) in [5, 5.41) is 4.25. The highest BCUT2D eigenvalue weighted by molar-refractivity contribution is 5.64. The van der Waals surface area contributed by atoms with Crippen LogP contribution in [0, 0.1) is 5.82 Å². The van der Waals surface area contributed by atoms with E-state index in [0.717, 1.165) is 16.8 Å². The molecule has 0 saturated carbocycles. The van der Waals surface area contributed by atoms with Gasteiger partial charge in [0.1, 0.15) is 5.82 Å². The molecule has 1 heterocycles. The largest absolute Gasteiger partial charge is 0.326 e. The van der Waals surface area contributed by atoms with E-state index in [4.69, 9.17) is 5.73 Å². The van der Waals surface area contributed by atoms with Crippen molar-refractivity contribution in [1.29, 1.82) is 0 Å². The van der Waals surface area contributed by atoms with Crippen molar-refractivity contribution in [3.63, 3.8) is 0 Å². The standard InChI is InChI=1S/C13H16FN3/c1-9(2)17-13(5-6-16-17)12-7-11(14)4-3-10(12)8-15/h3-7,9H,8,15H2,1-2H3. The molecule has 0 spiro atoms. The number of rotatable bonds is 3. The van der Waals surface area contributed by atoms with Gasteiger partial charge in [0, 0.05) is 24.3 Å². The molecule has 0 aliphatic carbocycles. The van der Waals surface area contributed by atoms with Gasteiger partial charge < -0.3 is 5.73 Å². The Morgan fingerprint density at radius 3 is 2.76 bits per heavy atom. The van der Waals surface area contributed by atoms with Crippen LogP contribution >= 0.6 is 0 Å². The molecule has 90 valence electrons. The normalized spacial score (nSPS) is 11.1. The molecule has 0 aliphatic heterocycles. The number of hydrogen-bond donors (Lipinski definition) is 1. The number of nitrogens with two attached hydrogens (primary N) is 1. The quantitative estimate of drug-likeness (QED) is 0.885. The van der Waals surface area contributed by atoms with Gasteiger partial charge in [0.15, 0.2) is 0 Å². The third kappa shape index (κ3) is 2.22. The van der Waals surface area contributed by atoms with E-state index in [0.29, 0.717) is 6.54 Å². The van der Waals surface area contributed by atoms with Gasteiger partial charge >= 0.3 is 0 Å². The summed E-state index contributed by atoms with van der Waals surface area (Å²) in [7, 11) is 0. The lowest BCUT2D eigenvalue weighted by atomic mass is 10.0. The van der Waals surface area contributed by atoms with E-state index in [1.165, 1.54) is 12.1 Å². The zero-order valence-corrected chi connectivity index (χ0v) is 10.0. The van der Waals surface area contributed by atoms with Gasteiger partial charge in [0.2, 0.25) is 0 Å². The Balaban J connectivity index is 2.59. The van der Waals surface area contributed by atoms with Crippen molar-refractivity contribution in [2.45, 2.75) is 26.4 Å². The van der Waals surface area contributed by atoms with Gasteiger partial charge in [-0.3, -0.25) is 4.68 Å². The fourth-order valence-electron chi connectivity index (χ4n) is 1.90. The van der Waals surface area contributed by atoms with Crippen LogP contribution in [0.4, 0.5) is 4.39 Å². The smallest absolute Gasteiger partial charge is 0.123 e. The Bertz CT molecular complexity index is 517. The summed E-state index contributed by atoms with van der Waals surface area (Å²) in [5.74, 6) is -0.256. The maximum atomic E-state index is 13.3. The van der Waals surface area contributed by atoms with Crippen LogP contribution in [0.1, 0.15) is 25.5 Å². The molecule has 0 saturated heterocycles. The van der Waals surface area contributed by atoms with Crippen LogP contribution in [0.2, 0.25) is 0 Å². The van der Waals surface area contributed by atoms with Crippen LogP contribution in [0.5, 0.6) is 0 Å². The minimum Gasteiger partial charge on any atom is -0.326 e. The second kappa shape index (κ2) is 4.67. The summed E-state index contributed by atoms with van der Waals surface area (Å²) in [5.41, 5.74) is 8.33. The predicted molar refractivity (Wildman–Crippen MR) is 65.9 cm³/mol. The highest BCUT2D eigenvalue weighted by Gasteiger charge is 2.12. The van der Waals surface area contributed by atoms with E-state index < -0.39 is 0 Å². The zero-order chi connectivity index (χ0) is 12.4. The lowest BCUT2D eigenvalue weighted by Gasteiger charge is -2.13. The van der Waals surface area contributed by atoms with Gasteiger partial charge in [0.05, 0.1) is 5.69 Å². The highest BCUT2D eigenvalue weighted by Crippen LogP contribution is 2.26. The molecule has 2 rings (SSSR count). The number of benzene rings is 1. The van der Waals surface area contributed by atoms with Gasteiger partial charge in [-0.25, -0.2) is 4.39 Å². The first-order valence-corrected chi connectivity index (χ1v) is 5.66. The van der Waals surface area contributed by atoms with Gasteiger partial charge in [-0.2, -0.15) is 5.10 Å². The molecule has 4 heteroatoms. The van der Waals surface area contributed by atoms with Crippen LogP contribution in [0.25, 0.3) is 11.3 Å². The Morgan fingerprint density at radius 2 is 2.12 bits per heavy atom. The molecule has 0 bridgehead atoms. The average molecular weight is 233 g/mol. The fourth-order valence-corrected chi connectivity index (χ4v) is 1.90. The van der Waals surface area contributed by atoms with Crippen molar-refractivity contribution in [2.24, 2.45) is 5.73 Å². The van der Waals surface area contributed by atoms with Crippen molar-refractivity contribution in [2.75, 3.05) is 0 Å². The SMILES string of the molecule is CC(C)n1nccc1-c1cc(F)ccc1CN. The van der Waals surface area contributed by atoms with Crippen LogP contribution in [-0.2, 0) is 6.54 Å². The molecule has 17 heavy (non-hydrogen) atoms. The minimum absolute atomic E-state index is 0.230. The Labute approximate surface area is 100 Å². The lowest BCUT2D eigenvalue weighted by Crippen LogP contribution is -2.07. The van der Waals surface area contributed by atoms with Gasteiger partial charge in [0.25, 0.3) is 0 Å². The molecule has 0 amide bonds. The lowest BCUT2D eigenvalue weighted by molar-refractivity contribution is 0.538. The Hall–Kier alpha value is -1.68. The molecule has 0 unspecified atom stereocenters. The van der Waals surface area contributed by atoms with E-state index in [1.807, 2.05) is 24.6 Å². The van der Waals surface area contributed by atoms with Crippen molar-refractivity contribution in [1.82, 2.24) is 9.78 Å². The van der Waals surface area contributed by atoms with Crippen molar-refractivity contribution >= 4 is 0 Å². The van der Waals surface area contributed by atoms with Crippen LogP contribution < -0.4 is 5.73 Å². The number of nitrogens with zero attached hydrogens (tertiary/aromatic N) is 2. The maximum Gasteiger partial charge on any atom is 0.123 e. The number of halogens is 1. The molecule has 0 fully saturated rings. The van der Waals surface area contributed by atoms with E-state index in [9.17, 15) is 4.39 Å². The monoisotopic (exact) mass is 233 g/mol. The predicted octanol–water partition coefficient (Wildman–Crippen LogP) is 2.73. The van der Waals surface area contributed by atoms with Gasteiger partial charge in [-0.15, -0.1) is 0 Å². The number of aromatic nitrogens is 2. The highest BCUT2D eigenvalue weighted by atomic mass is 19.1. The van der Waals surface area contributed by atoms with E-state index in [1.54, 1.807) is 12.3 Å². The summed E-state index contributed by atoms with van der Waals surface area (Å²) in [6.45, 7) is 4.47. The molecule has 1 aromatic carbocycles. The van der Waals surface area contributed by atoms with E-state index >= 15 is 0 Å². The second-order valence-electron chi connectivity index (χ2n) is 4.26. The minimum atomic E-state index is -0.256. The molecule has 1 aromatic heterocycles. The molecule has 2 N–H and O–H groups in total. The summed E-state index contributed by atoms with van der Waals surface area (Å²) in [4.78, 5) is 0. The third-order valence-electron chi connectivity index (χ3n) is 2.73. The summed E-state index contributed by atoms with van der Waals surface area (Å²) >= 11 is 0. The fraction of sp³-hybridized carbons (Fsp3) is 0.308. The van der Waals surface area contributed by atoms with Crippen LogP contribution in [0.15, 0.2) is 30.5 Å². The molecule has 0 radical (unpaired) electrons. The molecular formula is C13H16FN3. The Kier molecular flexibility index (Phi) is 3.24. The molecular weight excluding hydrogens is 217 g/mol. The molecule has 0 atom stereocenters. The van der Waals surface area contributed by atoms with Crippen LogP contribution in [-0.4, -0.2) is 9.78 Å². The zero-order valence-electron chi connectivity index (χ0n) is 10.0. The van der Waals surface area contributed by atoms with E-state index in [-0.39, 0.29) is 11.9 Å². The maximum absolute atomic E-state index is 13.3. The van der Waals surface area contributed by atoms with Gasteiger partial charge in [-0.1, -0.05) is 6.07 Å². The topological polar surface area (TPSA) is 43.8 Å². The first kappa shape index (κ1) is 11.8. The third-order valence-corrected chi connectivity index (χ3v) is 2.73. The van der Waals surface area contributed by atoms with Crippen molar-refractivity contribution in [3.8, 4) is 11.3 Å². The molecule has 0 aliphatic rings. The first-order chi connectivity index (χ1) is 8.13. The van der Waals surface area contributed by atoms with Crippen molar-refractivity contribution < 1.29 is 4.39 Å². The summed E-state index contributed by atoms with van der Waals surface area (Å²) in [6.07, 6.45) is 1.72. The first-order valence-electron chi connectivity index (χ1n) is 5.66. The number of hydrogen-bond acceptors (Lipinski definition) is 2. The molecule has 3 nitrogen and oxygen atoms in total. The summed E-state index contributed by atoms with van der Waals surface area (Å²) in [6, 6.07) is 6.78. The summed E-state index contributed by atoms with van der Waals surface area (Å²) < 4.78 is 15.2. The van der Waals surface area contributed by atoms with E-state index in [2.05, 4.69) is 5.10 Å². The molecule has 2 aromatic rings. The Morgan fingerprint density at radius 1 is 1.35 bits per heavy atom. The van der Waals surface area contributed by atoms with Crippen LogP contribution in [0.3, 0.4) is 0 Å². The second-order valence-corrected chi connectivity index (χ2v) is 4.26.